The molecule has 0 bridgehead atoms. The minimum Gasteiger partial charge on any atom is -0.308 e. The summed E-state index contributed by atoms with van der Waals surface area (Å²) in [4.78, 5) is 0. The zero-order valence-corrected chi connectivity index (χ0v) is 7.96. The molecular formula is C8H16FNS. The Labute approximate surface area is 72.1 Å². The minimum atomic E-state index is -0.256. The third-order valence-corrected chi connectivity index (χ3v) is 3.43. The molecule has 3 unspecified atom stereocenters. The molecule has 1 nitrogen and oxygen atoms in total. The van der Waals surface area contributed by atoms with Crippen LogP contribution in [0.15, 0.2) is 0 Å². The average Bonchev–Trinajstić information content (AvgIpc) is 2.37. The van der Waals surface area contributed by atoms with Crippen molar-refractivity contribution in [3.8, 4) is 0 Å². The summed E-state index contributed by atoms with van der Waals surface area (Å²) in [6.07, 6.45) is 1.19. The molecule has 0 aromatic heterocycles. The molecule has 1 saturated heterocycles. The highest BCUT2D eigenvalue weighted by molar-refractivity contribution is 8.00. The molecule has 0 radical (unpaired) electrons. The number of rotatable bonds is 3. The number of alkyl halides is 1. The second-order valence-electron chi connectivity index (χ2n) is 3.19. The normalized spacial score (nSPS) is 34.1. The van der Waals surface area contributed by atoms with Crippen LogP contribution in [0.2, 0.25) is 0 Å². The Morgan fingerprint density at radius 1 is 1.73 bits per heavy atom. The van der Waals surface area contributed by atoms with Gasteiger partial charge in [-0.2, -0.15) is 11.8 Å². The minimum absolute atomic E-state index is 0.0288. The molecule has 11 heavy (non-hydrogen) atoms. The van der Waals surface area contributed by atoms with E-state index < -0.39 is 0 Å². The molecule has 1 N–H and O–H groups in total. The van der Waals surface area contributed by atoms with E-state index in [4.69, 9.17) is 0 Å². The first-order valence-electron chi connectivity index (χ1n) is 4.17. The predicted molar refractivity (Wildman–Crippen MR) is 48.9 cm³/mol. The SMILES string of the molecule is CC(CF)NC1CCSC1C. The molecule has 1 heterocycles. The van der Waals surface area contributed by atoms with Gasteiger partial charge in [-0.25, -0.2) is 4.39 Å². The van der Waals surface area contributed by atoms with E-state index in [1.165, 1.54) is 12.2 Å². The maximum Gasteiger partial charge on any atom is 0.104 e. The molecular weight excluding hydrogens is 161 g/mol. The monoisotopic (exact) mass is 177 g/mol. The Hall–Kier alpha value is 0.240. The van der Waals surface area contributed by atoms with Crippen molar-refractivity contribution in [1.82, 2.24) is 5.32 Å². The van der Waals surface area contributed by atoms with Gasteiger partial charge in [0.1, 0.15) is 6.67 Å². The van der Waals surface area contributed by atoms with Crippen LogP contribution < -0.4 is 5.32 Å². The average molecular weight is 177 g/mol. The standard InChI is InChI=1S/C8H16FNS/c1-6(5-9)10-8-3-4-11-7(8)2/h6-8,10H,3-5H2,1-2H3. The van der Waals surface area contributed by atoms with Crippen LogP contribution in [-0.2, 0) is 0 Å². The number of halogens is 1. The van der Waals surface area contributed by atoms with Crippen LogP contribution in [0.1, 0.15) is 20.3 Å². The zero-order valence-electron chi connectivity index (χ0n) is 7.14. The lowest BCUT2D eigenvalue weighted by Gasteiger charge is -2.19. The first-order chi connectivity index (χ1) is 5.24. The van der Waals surface area contributed by atoms with Gasteiger partial charge < -0.3 is 5.32 Å². The Kier molecular flexibility index (Phi) is 3.66. The fourth-order valence-electron chi connectivity index (χ4n) is 1.36. The molecule has 1 fully saturated rings. The first-order valence-corrected chi connectivity index (χ1v) is 5.22. The summed E-state index contributed by atoms with van der Waals surface area (Å²) in [6.45, 7) is 3.85. The first kappa shape index (κ1) is 9.33. The second-order valence-corrected chi connectivity index (χ2v) is 4.68. The van der Waals surface area contributed by atoms with Gasteiger partial charge in [0.05, 0.1) is 0 Å². The number of thioether (sulfide) groups is 1. The number of hydrogen-bond donors (Lipinski definition) is 1. The molecule has 0 aliphatic carbocycles. The van der Waals surface area contributed by atoms with Gasteiger partial charge in [-0.15, -0.1) is 0 Å². The Morgan fingerprint density at radius 3 is 2.91 bits per heavy atom. The predicted octanol–water partition coefficient (Wildman–Crippen LogP) is 1.83. The highest BCUT2D eigenvalue weighted by Gasteiger charge is 2.24. The molecule has 0 spiro atoms. The van der Waals surface area contributed by atoms with E-state index >= 15 is 0 Å². The smallest absolute Gasteiger partial charge is 0.104 e. The second kappa shape index (κ2) is 4.31. The maximum atomic E-state index is 12.1. The number of hydrogen-bond acceptors (Lipinski definition) is 2. The lowest BCUT2D eigenvalue weighted by atomic mass is 10.1. The highest BCUT2D eigenvalue weighted by Crippen LogP contribution is 2.26. The largest absolute Gasteiger partial charge is 0.308 e. The van der Waals surface area contributed by atoms with E-state index in [1.807, 2.05) is 18.7 Å². The summed E-state index contributed by atoms with van der Waals surface area (Å²) in [6, 6.07) is 0.562. The quantitative estimate of drug-likeness (QED) is 0.706. The van der Waals surface area contributed by atoms with Crippen LogP contribution in [0, 0.1) is 0 Å². The van der Waals surface area contributed by atoms with Crippen molar-refractivity contribution in [2.75, 3.05) is 12.4 Å². The van der Waals surface area contributed by atoms with Crippen molar-refractivity contribution in [2.45, 2.75) is 37.6 Å². The summed E-state index contributed by atoms with van der Waals surface area (Å²) in [5, 5.41) is 3.94. The third kappa shape index (κ3) is 2.64. The lowest BCUT2D eigenvalue weighted by Crippen LogP contribution is -2.40. The molecule has 0 aromatic carbocycles. The van der Waals surface area contributed by atoms with Crippen LogP contribution in [0.4, 0.5) is 4.39 Å². The van der Waals surface area contributed by atoms with Crippen molar-refractivity contribution in [3.05, 3.63) is 0 Å². The van der Waals surface area contributed by atoms with Crippen molar-refractivity contribution >= 4 is 11.8 Å². The molecule has 0 aromatic rings. The van der Waals surface area contributed by atoms with Crippen molar-refractivity contribution < 1.29 is 4.39 Å². The van der Waals surface area contributed by atoms with Gasteiger partial charge in [0.25, 0.3) is 0 Å². The number of nitrogens with one attached hydrogen (secondary N) is 1. The summed E-state index contributed by atoms with van der Waals surface area (Å²) in [5.41, 5.74) is 0. The summed E-state index contributed by atoms with van der Waals surface area (Å²) in [7, 11) is 0. The van der Waals surface area contributed by atoms with Crippen LogP contribution in [-0.4, -0.2) is 29.8 Å². The van der Waals surface area contributed by atoms with E-state index in [-0.39, 0.29) is 12.7 Å². The van der Waals surface area contributed by atoms with Crippen LogP contribution >= 0.6 is 11.8 Å². The molecule has 0 amide bonds. The molecule has 0 saturated carbocycles. The van der Waals surface area contributed by atoms with Gasteiger partial charge in [-0.05, 0) is 19.1 Å². The van der Waals surface area contributed by atoms with E-state index in [0.717, 1.165) is 0 Å². The van der Waals surface area contributed by atoms with Crippen molar-refractivity contribution in [1.29, 1.82) is 0 Å². The van der Waals surface area contributed by atoms with Gasteiger partial charge in [0, 0.05) is 17.3 Å². The van der Waals surface area contributed by atoms with Crippen LogP contribution in [0.3, 0.4) is 0 Å². The van der Waals surface area contributed by atoms with E-state index in [2.05, 4.69) is 12.2 Å². The highest BCUT2D eigenvalue weighted by atomic mass is 32.2. The Balaban J connectivity index is 2.24. The molecule has 1 rings (SSSR count). The molecule has 66 valence electrons. The zero-order chi connectivity index (χ0) is 8.27. The summed E-state index contributed by atoms with van der Waals surface area (Å²) >= 11 is 1.97. The fourth-order valence-corrected chi connectivity index (χ4v) is 2.57. The lowest BCUT2D eigenvalue weighted by molar-refractivity contribution is 0.356. The maximum absolute atomic E-state index is 12.1. The Bertz CT molecular complexity index is 121. The molecule has 1 aliphatic rings. The molecule has 1 aliphatic heterocycles. The van der Waals surface area contributed by atoms with Gasteiger partial charge in [0.15, 0.2) is 0 Å². The summed E-state index contributed by atoms with van der Waals surface area (Å²) in [5.74, 6) is 1.22. The third-order valence-electron chi connectivity index (χ3n) is 2.11. The topological polar surface area (TPSA) is 12.0 Å². The molecule has 3 atom stereocenters. The van der Waals surface area contributed by atoms with Crippen LogP contribution in [0.5, 0.6) is 0 Å². The Morgan fingerprint density at radius 2 is 2.45 bits per heavy atom. The van der Waals surface area contributed by atoms with Crippen molar-refractivity contribution in [2.24, 2.45) is 0 Å². The van der Waals surface area contributed by atoms with Gasteiger partial charge >= 0.3 is 0 Å². The van der Waals surface area contributed by atoms with Gasteiger partial charge in [0.2, 0.25) is 0 Å². The van der Waals surface area contributed by atoms with E-state index in [1.54, 1.807) is 0 Å². The van der Waals surface area contributed by atoms with Gasteiger partial charge in [-0.3, -0.25) is 0 Å². The van der Waals surface area contributed by atoms with E-state index in [9.17, 15) is 4.39 Å². The van der Waals surface area contributed by atoms with Crippen LogP contribution in [0.25, 0.3) is 0 Å². The van der Waals surface area contributed by atoms with Gasteiger partial charge in [-0.1, -0.05) is 6.92 Å². The van der Waals surface area contributed by atoms with Crippen molar-refractivity contribution in [3.63, 3.8) is 0 Å². The summed E-state index contributed by atoms with van der Waals surface area (Å²) < 4.78 is 12.1. The fraction of sp³-hybridized carbons (Fsp3) is 1.00. The molecule has 3 heteroatoms. The van der Waals surface area contributed by atoms with E-state index in [0.29, 0.717) is 11.3 Å².